The van der Waals surface area contributed by atoms with Gasteiger partial charge in [0.25, 0.3) is 5.91 Å². The van der Waals surface area contributed by atoms with Crippen molar-refractivity contribution < 1.29 is 14.4 Å². The Balaban J connectivity index is 2.15. The molecule has 5 nitrogen and oxygen atoms in total. The minimum absolute atomic E-state index is 0.211. The van der Waals surface area contributed by atoms with Crippen LogP contribution < -0.4 is 5.32 Å². The van der Waals surface area contributed by atoms with Gasteiger partial charge in [0.1, 0.15) is 18.6 Å². The molecule has 90 valence electrons. The topological polar surface area (TPSA) is 75.4 Å². The van der Waals surface area contributed by atoms with E-state index >= 15 is 0 Å². The summed E-state index contributed by atoms with van der Waals surface area (Å²) in [6.45, 7) is -0.211. The molecule has 1 heterocycles. The fourth-order valence-electron chi connectivity index (χ4n) is 1.35. The van der Waals surface area contributed by atoms with E-state index in [2.05, 4.69) is 26.8 Å². The molecule has 2 N–H and O–H groups in total. The third-order valence-corrected chi connectivity index (χ3v) is 2.13. The third-order valence-electron chi connectivity index (χ3n) is 2.13. The van der Waals surface area contributed by atoms with Crippen molar-refractivity contribution in [1.29, 1.82) is 0 Å². The first kappa shape index (κ1) is 11.9. The molecule has 2 rings (SSSR count). The predicted molar refractivity (Wildman–Crippen MR) is 64.9 cm³/mol. The summed E-state index contributed by atoms with van der Waals surface area (Å²) in [6.07, 6.45) is 2.75. The summed E-state index contributed by atoms with van der Waals surface area (Å²) in [5.41, 5.74) is 1.63. The Kier molecular flexibility index (Phi) is 3.74. The van der Waals surface area contributed by atoms with Gasteiger partial charge in [0.2, 0.25) is 0 Å². The summed E-state index contributed by atoms with van der Waals surface area (Å²) in [4.78, 5) is 11.9. The van der Waals surface area contributed by atoms with Crippen molar-refractivity contribution >= 4 is 11.6 Å². The van der Waals surface area contributed by atoms with Crippen LogP contribution in [0.4, 0.5) is 5.69 Å². The largest absolute Gasteiger partial charge is 0.384 e. The first-order valence-electron chi connectivity index (χ1n) is 5.20. The second-order valence-electron chi connectivity index (χ2n) is 3.41. The fourth-order valence-corrected chi connectivity index (χ4v) is 1.35. The van der Waals surface area contributed by atoms with Gasteiger partial charge in [-0.15, -0.1) is 0 Å². The van der Waals surface area contributed by atoms with Crippen LogP contribution in [0.15, 0.2) is 41.2 Å². The lowest BCUT2D eigenvalue weighted by Gasteiger charge is -2.01. The number of carbonyl (C=O) groups is 1. The number of hydrogen-bond acceptors (Lipinski definition) is 4. The van der Waals surface area contributed by atoms with Gasteiger partial charge in [-0.2, -0.15) is 0 Å². The quantitative estimate of drug-likeness (QED) is 0.778. The Morgan fingerprint density at radius 3 is 3.11 bits per heavy atom. The van der Waals surface area contributed by atoms with Crippen molar-refractivity contribution in [2.24, 2.45) is 0 Å². The van der Waals surface area contributed by atoms with Crippen molar-refractivity contribution in [2.45, 2.75) is 0 Å². The van der Waals surface area contributed by atoms with Gasteiger partial charge in [-0.3, -0.25) is 4.79 Å². The fraction of sp³-hybridized carbons (Fsp3) is 0.0769. The predicted octanol–water partition coefficient (Wildman–Crippen LogP) is 1.27. The molecule has 0 fully saturated rings. The zero-order chi connectivity index (χ0) is 12.8. The molecule has 1 aromatic carbocycles. The average molecular weight is 242 g/mol. The molecule has 0 radical (unpaired) electrons. The molecule has 18 heavy (non-hydrogen) atoms. The molecule has 2 aromatic rings. The Morgan fingerprint density at radius 1 is 1.50 bits per heavy atom. The molecule has 0 aliphatic rings. The molecule has 1 aromatic heterocycles. The van der Waals surface area contributed by atoms with Crippen molar-refractivity contribution in [3.8, 4) is 11.8 Å². The van der Waals surface area contributed by atoms with Crippen LogP contribution in [-0.2, 0) is 0 Å². The first-order valence-corrected chi connectivity index (χ1v) is 5.20. The number of hydrogen-bond donors (Lipinski definition) is 2. The maximum absolute atomic E-state index is 11.9. The number of nitrogens with one attached hydrogen (secondary N) is 1. The zero-order valence-corrected chi connectivity index (χ0v) is 9.38. The Morgan fingerprint density at radius 2 is 2.39 bits per heavy atom. The monoisotopic (exact) mass is 242 g/mol. The van der Waals surface area contributed by atoms with Crippen molar-refractivity contribution in [1.82, 2.24) is 5.16 Å². The number of nitrogens with zero attached hydrogens (tertiary/aromatic N) is 1. The van der Waals surface area contributed by atoms with Gasteiger partial charge in [0.15, 0.2) is 0 Å². The third kappa shape index (κ3) is 2.97. The maximum Gasteiger partial charge on any atom is 0.255 e. The highest BCUT2D eigenvalue weighted by Gasteiger charge is 2.07. The molecule has 0 spiro atoms. The minimum atomic E-state index is -0.272. The molecule has 0 bridgehead atoms. The van der Waals surface area contributed by atoms with Crippen LogP contribution in [0.5, 0.6) is 0 Å². The SMILES string of the molecule is O=C(Nc1cnoc1)c1cccc(C#CCO)c1. The van der Waals surface area contributed by atoms with Gasteiger partial charge >= 0.3 is 0 Å². The van der Waals surface area contributed by atoms with Crippen LogP contribution in [0, 0.1) is 11.8 Å². The van der Waals surface area contributed by atoms with Crippen LogP contribution in [0.25, 0.3) is 0 Å². The minimum Gasteiger partial charge on any atom is -0.384 e. The van der Waals surface area contributed by atoms with Crippen LogP contribution in [0.3, 0.4) is 0 Å². The van der Waals surface area contributed by atoms with E-state index in [1.165, 1.54) is 12.5 Å². The second kappa shape index (κ2) is 5.66. The van der Waals surface area contributed by atoms with Gasteiger partial charge in [-0.25, -0.2) is 0 Å². The van der Waals surface area contributed by atoms with Crippen LogP contribution in [0.2, 0.25) is 0 Å². The van der Waals surface area contributed by atoms with E-state index < -0.39 is 0 Å². The Bertz CT molecular complexity index is 594. The van der Waals surface area contributed by atoms with Gasteiger partial charge < -0.3 is 14.9 Å². The summed E-state index contributed by atoms with van der Waals surface area (Å²) in [5, 5.41) is 14.7. The summed E-state index contributed by atoms with van der Waals surface area (Å²) < 4.78 is 4.61. The summed E-state index contributed by atoms with van der Waals surface area (Å²) in [5.74, 6) is 4.99. The smallest absolute Gasteiger partial charge is 0.255 e. The molecule has 0 saturated heterocycles. The van der Waals surface area contributed by atoms with Gasteiger partial charge in [0.05, 0.1) is 6.20 Å². The number of anilines is 1. The summed E-state index contributed by atoms with van der Waals surface area (Å²) >= 11 is 0. The van der Waals surface area contributed by atoms with Crippen molar-refractivity contribution in [3.63, 3.8) is 0 Å². The molecule has 1 amide bonds. The molecule has 0 aliphatic heterocycles. The summed E-state index contributed by atoms with van der Waals surface area (Å²) in [7, 11) is 0. The highest BCUT2D eigenvalue weighted by atomic mass is 16.5. The Hall–Kier alpha value is -2.58. The highest BCUT2D eigenvalue weighted by Crippen LogP contribution is 2.09. The van der Waals surface area contributed by atoms with Crippen LogP contribution in [-0.4, -0.2) is 22.8 Å². The second-order valence-corrected chi connectivity index (χ2v) is 3.41. The van der Waals surface area contributed by atoms with E-state index in [-0.39, 0.29) is 12.5 Å². The molecule has 0 saturated carbocycles. The standard InChI is InChI=1S/C13H10N2O3/c16-6-2-4-10-3-1-5-11(7-10)13(17)15-12-8-14-18-9-12/h1,3,5,7-9,16H,6H2,(H,15,17). The number of benzene rings is 1. The lowest BCUT2D eigenvalue weighted by Crippen LogP contribution is -2.11. The van der Waals surface area contributed by atoms with E-state index in [1.807, 2.05) is 0 Å². The maximum atomic E-state index is 11.9. The van der Waals surface area contributed by atoms with E-state index in [0.717, 1.165) is 0 Å². The lowest BCUT2D eigenvalue weighted by molar-refractivity contribution is 0.102. The van der Waals surface area contributed by atoms with Crippen molar-refractivity contribution in [2.75, 3.05) is 11.9 Å². The normalized spacial score (nSPS) is 9.39. The van der Waals surface area contributed by atoms with E-state index in [1.54, 1.807) is 24.3 Å². The molecular weight excluding hydrogens is 232 g/mol. The Labute approximate surface area is 103 Å². The van der Waals surface area contributed by atoms with Crippen molar-refractivity contribution in [3.05, 3.63) is 47.9 Å². The van der Waals surface area contributed by atoms with E-state index in [9.17, 15) is 4.79 Å². The number of aliphatic hydroxyl groups excluding tert-OH is 1. The number of amides is 1. The first-order chi connectivity index (χ1) is 8.79. The number of carbonyl (C=O) groups excluding carboxylic acids is 1. The zero-order valence-electron chi connectivity index (χ0n) is 9.38. The van der Waals surface area contributed by atoms with Gasteiger partial charge in [0, 0.05) is 11.1 Å². The number of rotatable bonds is 2. The number of aromatic nitrogens is 1. The molecule has 0 aliphatic carbocycles. The molecule has 0 unspecified atom stereocenters. The van der Waals surface area contributed by atoms with Gasteiger partial charge in [-0.05, 0) is 18.2 Å². The van der Waals surface area contributed by atoms with Crippen LogP contribution >= 0.6 is 0 Å². The lowest BCUT2D eigenvalue weighted by atomic mass is 10.1. The molecular formula is C13H10N2O3. The number of aliphatic hydroxyl groups is 1. The van der Waals surface area contributed by atoms with E-state index in [0.29, 0.717) is 16.8 Å². The molecule has 0 atom stereocenters. The average Bonchev–Trinajstić information content (AvgIpc) is 2.89. The highest BCUT2D eigenvalue weighted by molar-refractivity contribution is 6.04. The molecule has 5 heteroatoms. The van der Waals surface area contributed by atoms with E-state index in [4.69, 9.17) is 5.11 Å². The van der Waals surface area contributed by atoms with Gasteiger partial charge in [-0.1, -0.05) is 23.1 Å². The van der Waals surface area contributed by atoms with Crippen LogP contribution in [0.1, 0.15) is 15.9 Å². The summed E-state index contributed by atoms with van der Waals surface area (Å²) in [6, 6.07) is 6.81.